The van der Waals surface area contributed by atoms with Gasteiger partial charge in [-0.05, 0) is 60.9 Å². The molecule has 1 saturated heterocycles. The largest absolute Gasteiger partial charge is 0.462 e. The number of nitrogens with one attached hydrogen (secondary N) is 1. The maximum absolute atomic E-state index is 12.5. The van der Waals surface area contributed by atoms with Crippen molar-refractivity contribution in [2.45, 2.75) is 40.0 Å². The lowest BCUT2D eigenvalue weighted by molar-refractivity contribution is -0.151. The second-order valence-electron chi connectivity index (χ2n) is 9.67. The van der Waals surface area contributed by atoms with Gasteiger partial charge < -0.3 is 24.4 Å². The fraction of sp³-hybridized carbons (Fsp3) is 0.414. The van der Waals surface area contributed by atoms with Crippen LogP contribution in [-0.4, -0.2) is 56.1 Å². The van der Waals surface area contributed by atoms with Crippen LogP contribution < -0.4 is 10.2 Å². The van der Waals surface area contributed by atoms with Gasteiger partial charge >= 0.3 is 17.9 Å². The van der Waals surface area contributed by atoms with Crippen molar-refractivity contribution in [1.29, 1.82) is 0 Å². The van der Waals surface area contributed by atoms with Gasteiger partial charge in [-0.25, -0.2) is 9.59 Å². The zero-order valence-corrected chi connectivity index (χ0v) is 22.4. The minimum absolute atomic E-state index is 0.0460. The van der Waals surface area contributed by atoms with E-state index in [1.165, 1.54) is 17.0 Å². The molecule has 0 unspecified atom stereocenters. The molecular formula is C29H34N2O8. The highest BCUT2D eigenvalue weighted by Crippen LogP contribution is 2.26. The SMILES string of the molecule is CCCCOC(=O)c1ccc(N2C[C@H](C(=O)OCC(=O)Nc3ccc(C(=O)OCC(C)C)cc3)CC2=O)cc1. The minimum Gasteiger partial charge on any atom is -0.462 e. The minimum atomic E-state index is -0.722. The molecule has 1 aliphatic rings. The number of hydrogen-bond acceptors (Lipinski definition) is 8. The molecular weight excluding hydrogens is 504 g/mol. The second kappa shape index (κ2) is 14.1. The molecule has 10 heteroatoms. The summed E-state index contributed by atoms with van der Waals surface area (Å²) in [4.78, 5) is 62.8. The highest BCUT2D eigenvalue weighted by molar-refractivity contribution is 6.00. The molecule has 3 rings (SSSR count). The molecule has 2 amide bonds. The van der Waals surface area contributed by atoms with Gasteiger partial charge in [0.2, 0.25) is 5.91 Å². The zero-order valence-electron chi connectivity index (χ0n) is 22.4. The zero-order chi connectivity index (χ0) is 28.4. The lowest BCUT2D eigenvalue weighted by Gasteiger charge is -2.17. The molecule has 0 radical (unpaired) electrons. The summed E-state index contributed by atoms with van der Waals surface area (Å²) in [5.41, 5.74) is 1.72. The molecule has 1 atom stereocenters. The lowest BCUT2D eigenvalue weighted by Crippen LogP contribution is -2.28. The van der Waals surface area contributed by atoms with Crippen LogP contribution in [0.5, 0.6) is 0 Å². The molecule has 2 aromatic carbocycles. The molecule has 39 heavy (non-hydrogen) atoms. The maximum Gasteiger partial charge on any atom is 0.338 e. The summed E-state index contributed by atoms with van der Waals surface area (Å²) in [7, 11) is 0. The molecule has 0 saturated carbocycles. The van der Waals surface area contributed by atoms with Crippen molar-refractivity contribution in [2.75, 3.05) is 36.6 Å². The van der Waals surface area contributed by atoms with E-state index in [2.05, 4.69) is 5.32 Å². The molecule has 0 bridgehead atoms. The van der Waals surface area contributed by atoms with E-state index >= 15 is 0 Å². The summed E-state index contributed by atoms with van der Waals surface area (Å²) in [5.74, 6) is -2.84. The number of benzene rings is 2. The summed E-state index contributed by atoms with van der Waals surface area (Å²) >= 11 is 0. The third-order valence-electron chi connectivity index (χ3n) is 5.90. The molecule has 1 aliphatic heterocycles. The van der Waals surface area contributed by atoms with Crippen molar-refractivity contribution < 1.29 is 38.2 Å². The number of nitrogens with zero attached hydrogens (tertiary/aromatic N) is 1. The normalized spacial score (nSPS) is 14.7. The van der Waals surface area contributed by atoms with Crippen LogP contribution in [0.25, 0.3) is 0 Å². The smallest absolute Gasteiger partial charge is 0.338 e. The Morgan fingerprint density at radius 3 is 2.15 bits per heavy atom. The van der Waals surface area contributed by atoms with Crippen molar-refractivity contribution in [3.8, 4) is 0 Å². The van der Waals surface area contributed by atoms with Crippen LogP contribution >= 0.6 is 0 Å². The Morgan fingerprint density at radius 1 is 0.923 bits per heavy atom. The summed E-state index contributed by atoms with van der Waals surface area (Å²) in [5, 5.41) is 2.59. The number of hydrogen-bond donors (Lipinski definition) is 1. The number of ether oxygens (including phenoxy) is 3. The van der Waals surface area contributed by atoms with E-state index in [-0.39, 0.29) is 24.8 Å². The average molecular weight is 539 g/mol. The number of anilines is 2. The van der Waals surface area contributed by atoms with E-state index in [1.807, 2.05) is 20.8 Å². The van der Waals surface area contributed by atoms with Crippen molar-refractivity contribution in [3.05, 3.63) is 59.7 Å². The first-order chi connectivity index (χ1) is 18.7. The fourth-order valence-electron chi connectivity index (χ4n) is 3.75. The summed E-state index contributed by atoms with van der Waals surface area (Å²) in [6.07, 6.45) is 1.66. The first-order valence-electron chi connectivity index (χ1n) is 13.0. The number of carbonyl (C=O) groups is 5. The molecule has 0 aromatic heterocycles. The first-order valence-corrected chi connectivity index (χ1v) is 13.0. The summed E-state index contributed by atoms with van der Waals surface area (Å²) in [6, 6.07) is 12.6. The van der Waals surface area contributed by atoms with Gasteiger partial charge in [-0.2, -0.15) is 0 Å². The number of unbranched alkanes of at least 4 members (excludes halogenated alkanes) is 1. The highest BCUT2D eigenvalue weighted by Gasteiger charge is 2.36. The van der Waals surface area contributed by atoms with Gasteiger partial charge in [-0.3, -0.25) is 14.4 Å². The van der Waals surface area contributed by atoms with Gasteiger partial charge in [0.1, 0.15) is 0 Å². The molecule has 10 nitrogen and oxygen atoms in total. The molecule has 1 heterocycles. The lowest BCUT2D eigenvalue weighted by atomic mass is 10.1. The van der Waals surface area contributed by atoms with Gasteiger partial charge in [-0.15, -0.1) is 0 Å². The van der Waals surface area contributed by atoms with Crippen LogP contribution in [0, 0.1) is 11.8 Å². The number of amides is 2. The number of rotatable bonds is 12. The van der Waals surface area contributed by atoms with E-state index < -0.39 is 36.3 Å². The van der Waals surface area contributed by atoms with Crippen molar-refractivity contribution in [2.24, 2.45) is 11.8 Å². The first kappa shape index (κ1) is 29.3. The van der Waals surface area contributed by atoms with Crippen molar-refractivity contribution in [1.82, 2.24) is 0 Å². The van der Waals surface area contributed by atoms with Crippen molar-refractivity contribution >= 4 is 41.1 Å². The van der Waals surface area contributed by atoms with E-state index in [9.17, 15) is 24.0 Å². The topological polar surface area (TPSA) is 128 Å². The van der Waals surface area contributed by atoms with Crippen LogP contribution in [0.4, 0.5) is 11.4 Å². The monoisotopic (exact) mass is 538 g/mol. The van der Waals surface area contributed by atoms with Crippen molar-refractivity contribution in [3.63, 3.8) is 0 Å². The van der Waals surface area contributed by atoms with E-state index in [1.54, 1.807) is 36.4 Å². The molecule has 0 aliphatic carbocycles. The van der Waals surface area contributed by atoms with E-state index in [0.717, 1.165) is 12.8 Å². The standard InChI is InChI=1S/C29H34N2O8/c1-4-5-14-37-27(34)21-8-12-24(13-9-21)31-16-22(15-26(31)33)29(36)39-18-25(32)30-23-10-6-20(7-11-23)28(35)38-17-19(2)3/h6-13,19,22H,4-5,14-18H2,1-3H3,(H,30,32)/t22-/m1/s1. The fourth-order valence-corrected chi connectivity index (χ4v) is 3.75. The quantitative estimate of drug-likeness (QED) is 0.244. The average Bonchev–Trinajstić information content (AvgIpc) is 3.32. The molecule has 208 valence electrons. The van der Waals surface area contributed by atoms with Gasteiger partial charge in [0.25, 0.3) is 5.91 Å². The van der Waals surface area contributed by atoms with E-state index in [0.29, 0.717) is 35.7 Å². The van der Waals surface area contributed by atoms with Gasteiger partial charge in [0, 0.05) is 24.3 Å². The predicted molar refractivity (Wildman–Crippen MR) is 143 cm³/mol. The third-order valence-corrected chi connectivity index (χ3v) is 5.90. The Bertz CT molecular complexity index is 1170. The van der Waals surface area contributed by atoms with Gasteiger partial charge in [-0.1, -0.05) is 27.2 Å². The maximum atomic E-state index is 12.5. The number of carbonyl (C=O) groups excluding carboxylic acids is 5. The van der Waals surface area contributed by atoms with Crippen LogP contribution in [-0.2, 0) is 28.6 Å². The number of esters is 3. The molecule has 1 N–H and O–H groups in total. The van der Waals surface area contributed by atoms with Gasteiger partial charge in [0.05, 0.1) is 30.3 Å². The Kier molecular flexibility index (Phi) is 10.6. The van der Waals surface area contributed by atoms with Crippen LogP contribution in [0.15, 0.2) is 48.5 Å². The Hall–Kier alpha value is -4.21. The molecule has 1 fully saturated rings. The third kappa shape index (κ3) is 8.66. The van der Waals surface area contributed by atoms with Crippen LogP contribution in [0.3, 0.4) is 0 Å². The summed E-state index contributed by atoms with van der Waals surface area (Å²) in [6.45, 7) is 6.14. The predicted octanol–water partition coefficient (Wildman–Crippen LogP) is 3.99. The molecule has 2 aromatic rings. The highest BCUT2D eigenvalue weighted by atomic mass is 16.5. The van der Waals surface area contributed by atoms with Crippen LogP contribution in [0.1, 0.15) is 60.7 Å². The summed E-state index contributed by atoms with van der Waals surface area (Å²) < 4.78 is 15.5. The Balaban J connectivity index is 1.45. The molecule has 0 spiro atoms. The Morgan fingerprint density at radius 2 is 1.54 bits per heavy atom. The van der Waals surface area contributed by atoms with Crippen LogP contribution in [0.2, 0.25) is 0 Å². The second-order valence-corrected chi connectivity index (χ2v) is 9.67. The van der Waals surface area contributed by atoms with Gasteiger partial charge in [0.15, 0.2) is 6.61 Å². The Labute approximate surface area is 227 Å². The van der Waals surface area contributed by atoms with E-state index in [4.69, 9.17) is 14.2 Å².